The minimum absolute atomic E-state index is 0.182. The number of rotatable bonds is 43. The van der Waals surface area contributed by atoms with E-state index in [1.54, 1.807) is 12.1 Å². The Hall–Kier alpha value is -3.84. The Balaban J connectivity index is 1.17. The van der Waals surface area contributed by atoms with Crippen LogP contribution in [0.1, 0.15) is 0 Å². The fraction of sp³-hybridized carbons (Fsp3) is 0.684. The maximum absolute atomic E-state index is 11.2. The lowest BCUT2D eigenvalue weighted by Crippen LogP contribution is -2.16. The maximum atomic E-state index is 11.2. The van der Waals surface area contributed by atoms with Gasteiger partial charge >= 0.3 is 0 Å². The third-order valence-electron chi connectivity index (χ3n) is 7.42. The lowest BCUT2D eigenvalue weighted by atomic mass is 10.2. The third kappa shape index (κ3) is 29.9. The number of nitrogen functional groups attached to an aromatic ring is 1. The summed E-state index contributed by atoms with van der Waals surface area (Å²) >= 11 is 0. The molecule has 0 aliphatic carbocycles. The van der Waals surface area contributed by atoms with Crippen molar-refractivity contribution >= 4 is 22.7 Å². The average molecular weight is 847 g/mol. The number of hydrogen-bond donors (Lipinski definition) is 2. The number of nitrogens with one attached hydrogen (secondary N) is 1. The van der Waals surface area contributed by atoms with Crippen LogP contribution in [0, 0.1) is 20.2 Å². The van der Waals surface area contributed by atoms with Crippen LogP contribution in [-0.2, 0) is 56.8 Å². The number of hydrogen-bond acceptors (Lipinski definition) is 19. The maximum Gasteiger partial charge on any atom is 0.299 e. The fourth-order valence-corrected chi connectivity index (χ4v) is 4.50. The van der Waals surface area contributed by atoms with Crippen LogP contribution in [0.3, 0.4) is 0 Å². The molecule has 3 N–H and O–H groups in total. The Kier molecular flexibility index (Phi) is 32.3. The van der Waals surface area contributed by atoms with E-state index in [1.807, 2.05) is 12.1 Å². The van der Waals surface area contributed by atoms with E-state index in [0.717, 1.165) is 11.8 Å². The van der Waals surface area contributed by atoms with E-state index in [-0.39, 0.29) is 30.2 Å². The highest BCUT2D eigenvalue weighted by Gasteiger charge is 2.19. The summed E-state index contributed by atoms with van der Waals surface area (Å²) in [6.45, 7) is 11.5. The predicted octanol–water partition coefficient (Wildman–Crippen LogP) is 2.78. The van der Waals surface area contributed by atoms with Gasteiger partial charge in [0.1, 0.15) is 18.0 Å². The molecule has 2 rings (SSSR count). The van der Waals surface area contributed by atoms with Gasteiger partial charge in [0.05, 0.1) is 174 Å². The summed E-state index contributed by atoms with van der Waals surface area (Å²) in [6.07, 6.45) is 0. The summed E-state index contributed by atoms with van der Waals surface area (Å²) in [4.78, 5) is 20.6. The van der Waals surface area contributed by atoms with Crippen LogP contribution in [0.4, 0.5) is 22.7 Å². The fourth-order valence-electron chi connectivity index (χ4n) is 4.50. The third-order valence-corrected chi connectivity index (χ3v) is 7.42. The first-order valence-electron chi connectivity index (χ1n) is 19.6. The topological polar surface area (TPSA) is 244 Å². The first-order chi connectivity index (χ1) is 29.0. The molecule has 0 unspecified atom stereocenters. The molecule has 0 fully saturated rings. The van der Waals surface area contributed by atoms with Crippen molar-refractivity contribution in [3.63, 3.8) is 0 Å². The zero-order valence-electron chi connectivity index (χ0n) is 33.8. The minimum Gasteiger partial charge on any atom is -0.491 e. The van der Waals surface area contributed by atoms with Gasteiger partial charge in [0.2, 0.25) is 0 Å². The lowest BCUT2D eigenvalue weighted by molar-refractivity contribution is -0.393. The van der Waals surface area contributed by atoms with Gasteiger partial charge in [0.15, 0.2) is 0 Å². The van der Waals surface area contributed by atoms with Gasteiger partial charge in [0, 0.05) is 18.3 Å². The second kappa shape index (κ2) is 37.2. The van der Waals surface area contributed by atoms with Crippen LogP contribution in [0.15, 0.2) is 42.5 Å². The molecule has 2 aromatic rings. The summed E-state index contributed by atoms with van der Waals surface area (Å²) in [5.41, 5.74) is 5.81. The Labute approximate surface area is 345 Å². The molecule has 0 radical (unpaired) electrons. The van der Waals surface area contributed by atoms with E-state index < -0.39 is 9.85 Å². The van der Waals surface area contributed by atoms with Crippen molar-refractivity contribution in [3.8, 4) is 5.75 Å². The summed E-state index contributed by atoms with van der Waals surface area (Å²) in [5.74, 6) is 0.761. The van der Waals surface area contributed by atoms with Gasteiger partial charge in [-0.3, -0.25) is 20.2 Å². The molecule has 59 heavy (non-hydrogen) atoms. The van der Waals surface area contributed by atoms with Crippen molar-refractivity contribution in [1.29, 1.82) is 0 Å². The first kappa shape index (κ1) is 51.3. The number of nitrogens with two attached hydrogens (primary N) is 1. The highest BCUT2D eigenvalue weighted by atomic mass is 16.6. The van der Waals surface area contributed by atoms with E-state index in [9.17, 15) is 20.2 Å². The van der Waals surface area contributed by atoms with Crippen LogP contribution >= 0.6 is 0 Å². The van der Waals surface area contributed by atoms with E-state index in [4.69, 9.17) is 67.3 Å². The Morgan fingerprint density at radius 1 is 0.424 bits per heavy atom. The number of anilines is 2. The molecule has 0 heterocycles. The van der Waals surface area contributed by atoms with Gasteiger partial charge in [-0.2, -0.15) is 0 Å². The molecular weight excluding hydrogens is 784 g/mol. The van der Waals surface area contributed by atoms with Crippen molar-refractivity contribution < 1.29 is 71.4 Å². The summed E-state index contributed by atoms with van der Waals surface area (Å²) < 4.78 is 71.2. The molecule has 0 amide bonds. The number of nitro groups is 2. The number of ether oxygens (including phenoxy) is 13. The van der Waals surface area contributed by atoms with Crippen LogP contribution in [0.5, 0.6) is 5.75 Å². The summed E-state index contributed by atoms with van der Waals surface area (Å²) in [6, 6.07) is 10.7. The molecule has 0 aromatic heterocycles. The molecule has 0 aliphatic rings. The van der Waals surface area contributed by atoms with Crippen molar-refractivity contribution in [2.24, 2.45) is 0 Å². The van der Waals surface area contributed by atoms with Crippen LogP contribution in [0.25, 0.3) is 0 Å². The Bertz CT molecular complexity index is 1320. The summed E-state index contributed by atoms with van der Waals surface area (Å²) in [5, 5.41) is 24.8. The molecule has 0 bridgehead atoms. The second-order valence-corrected chi connectivity index (χ2v) is 11.9. The van der Waals surface area contributed by atoms with Gasteiger partial charge in [-0.15, -0.1) is 0 Å². The average Bonchev–Trinajstić information content (AvgIpc) is 3.23. The minimum atomic E-state index is -0.682. The highest BCUT2D eigenvalue weighted by molar-refractivity contribution is 5.65. The molecule has 0 saturated heterocycles. The largest absolute Gasteiger partial charge is 0.491 e. The number of nitrogens with zero attached hydrogens (tertiary/aromatic N) is 2. The molecule has 2 aromatic carbocycles. The second-order valence-electron chi connectivity index (χ2n) is 11.9. The van der Waals surface area contributed by atoms with Crippen molar-refractivity contribution in [3.05, 3.63) is 62.7 Å². The Morgan fingerprint density at radius 3 is 1.07 bits per heavy atom. The standard InChI is InChI=1S/C38H62N4O17/c39-34-1-4-36(5-2-34)59-32-31-58-30-29-57-28-27-56-26-25-55-24-23-54-22-21-53-20-19-52-18-17-51-16-15-50-14-13-49-12-11-48-10-9-47-8-7-40-37-6-3-35(41(43)44)33-38(37)42(45)46/h1-6,33,40H,7-32,39H2. The Morgan fingerprint density at radius 2 is 0.746 bits per heavy atom. The van der Waals surface area contributed by atoms with Gasteiger partial charge in [-0.25, -0.2) is 0 Å². The van der Waals surface area contributed by atoms with Crippen LogP contribution in [0.2, 0.25) is 0 Å². The SMILES string of the molecule is Nc1ccc(OCCOCCOCCOCCOCCOCCOCCOCCOCCOCCOCCOCCOCCNc2ccc([N+](=O)[O-])cc2[N+](=O)[O-])cc1. The van der Waals surface area contributed by atoms with Gasteiger partial charge < -0.3 is 72.6 Å². The van der Waals surface area contributed by atoms with E-state index >= 15 is 0 Å². The van der Waals surface area contributed by atoms with Crippen molar-refractivity contribution in [1.82, 2.24) is 0 Å². The zero-order chi connectivity index (χ0) is 42.3. The van der Waals surface area contributed by atoms with Gasteiger partial charge in [-0.1, -0.05) is 0 Å². The molecule has 0 saturated carbocycles. The molecule has 0 aliphatic heterocycles. The summed E-state index contributed by atoms with van der Waals surface area (Å²) in [7, 11) is 0. The quantitative estimate of drug-likeness (QED) is 0.0422. The van der Waals surface area contributed by atoms with Crippen LogP contribution in [-0.4, -0.2) is 182 Å². The van der Waals surface area contributed by atoms with E-state index in [2.05, 4.69) is 5.32 Å². The highest BCUT2D eigenvalue weighted by Crippen LogP contribution is 2.28. The molecule has 0 spiro atoms. The predicted molar refractivity (Wildman–Crippen MR) is 214 cm³/mol. The number of nitro benzene ring substituents is 2. The van der Waals surface area contributed by atoms with E-state index in [0.29, 0.717) is 164 Å². The van der Waals surface area contributed by atoms with Crippen molar-refractivity contribution in [2.45, 2.75) is 0 Å². The van der Waals surface area contributed by atoms with Crippen LogP contribution < -0.4 is 15.8 Å². The first-order valence-corrected chi connectivity index (χ1v) is 19.6. The van der Waals surface area contributed by atoms with E-state index in [1.165, 1.54) is 12.1 Å². The smallest absolute Gasteiger partial charge is 0.299 e. The van der Waals surface area contributed by atoms with Gasteiger partial charge in [0.25, 0.3) is 11.4 Å². The zero-order valence-corrected chi connectivity index (χ0v) is 33.8. The number of benzene rings is 2. The molecule has 21 nitrogen and oxygen atoms in total. The molecule has 0 atom stereocenters. The molecular formula is C38H62N4O17. The van der Waals surface area contributed by atoms with Gasteiger partial charge in [-0.05, 0) is 30.3 Å². The monoisotopic (exact) mass is 846 g/mol. The number of non-ortho nitro benzene ring substituents is 1. The lowest BCUT2D eigenvalue weighted by Gasteiger charge is -2.09. The normalized spacial score (nSPS) is 11.3. The molecule has 21 heteroatoms. The molecule has 336 valence electrons. The van der Waals surface area contributed by atoms with Crippen molar-refractivity contribution in [2.75, 3.05) is 183 Å².